The number of furan rings is 1. The van der Waals surface area contributed by atoms with Gasteiger partial charge in [-0.05, 0) is 25.1 Å². The van der Waals surface area contributed by atoms with Crippen molar-refractivity contribution in [2.45, 2.75) is 13.0 Å². The van der Waals surface area contributed by atoms with Gasteiger partial charge in [0.25, 0.3) is 5.91 Å². The molecule has 0 unspecified atom stereocenters. The topological polar surface area (TPSA) is 61.1 Å². The Balaban J connectivity index is 1.55. The van der Waals surface area contributed by atoms with Crippen LogP contribution >= 0.6 is 0 Å². The number of amides is 1. The van der Waals surface area contributed by atoms with Gasteiger partial charge in [0.15, 0.2) is 0 Å². The van der Waals surface area contributed by atoms with Gasteiger partial charge in [-0.15, -0.1) is 0 Å². The quantitative estimate of drug-likeness (QED) is 0.826. The normalized spacial score (nSPS) is 13.8. The molecule has 0 saturated heterocycles. The van der Waals surface area contributed by atoms with E-state index >= 15 is 0 Å². The lowest BCUT2D eigenvalue weighted by atomic mass is 10.1. The van der Waals surface area contributed by atoms with E-state index in [0.717, 1.165) is 36.7 Å². The number of benzene rings is 1. The van der Waals surface area contributed by atoms with E-state index in [0.29, 0.717) is 18.7 Å². The molecule has 26 heavy (non-hydrogen) atoms. The predicted octanol–water partition coefficient (Wildman–Crippen LogP) is 2.01. The third kappa shape index (κ3) is 4.14. The summed E-state index contributed by atoms with van der Waals surface area (Å²) in [5, 5.41) is 3.01. The van der Waals surface area contributed by atoms with Crippen LogP contribution in [-0.4, -0.2) is 62.3 Å². The number of likely N-dealkylation sites (N-methyl/N-ethyl adjacent to an activating group) is 2. The fraction of sp³-hybridized carbons (Fsp3) is 0.400. The molecule has 138 valence electrons. The predicted molar refractivity (Wildman–Crippen MR) is 103 cm³/mol. The number of hydrogen-bond donors (Lipinski definition) is 1. The van der Waals surface area contributed by atoms with Gasteiger partial charge in [-0.2, -0.15) is 0 Å². The average molecular weight is 354 g/mol. The fourth-order valence-corrected chi connectivity index (χ4v) is 3.04. The number of aliphatic imine (C=N–C) groups is 1. The van der Waals surface area contributed by atoms with Crippen molar-refractivity contribution in [3.05, 3.63) is 59.0 Å². The zero-order valence-corrected chi connectivity index (χ0v) is 15.7. The molecule has 6 nitrogen and oxygen atoms in total. The van der Waals surface area contributed by atoms with Crippen LogP contribution in [0.15, 0.2) is 46.0 Å². The van der Waals surface area contributed by atoms with Crippen molar-refractivity contribution in [1.29, 1.82) is 0 Å². The lowest BCUT2D eigenvalue weighted by molar-refractivity contribution is 0.0796. The van der Waals surface area contributed by atoms with Crippen molar-refractivity contribution in [3.63, 3.8) is 0 Å². The molecule has 3 rings (SSSR count). The molecular formula is C20H26N4O2. The zero-order chi connectivity index (χ0) is 18.5. The number of nitrogens with zero attached hydrogens (tertiary/aromatic N) is 3. The Kier molecular flexibility index (Phi) is 5.73. The molecule has 6 heteroatoms. The first kappa shape index (κ1) is 18.2. The van der Waals surface area contributed by atoms with Crippen molar-refractivity contribution in [2.75, 3.05) is 40.8 Å². The largest absolute Gasteiger partial charge is 0.467 e. The molecule has 0 saturated carbocycles. The van der Waals surface area contributed by atoms with E-state index in [1.165, 1.54) is 11.8 Å². The molecule has 1 N–H and O–H groups in total. The minimum Gasteiger partial charge on any atom is -0.467 e. The van der Waals surface area contributed by atoms with E-state index in [4.69, 9.17) is 4.42 Å². The molecule has 1 aliphatic rings. The number of carbonyl (C=O) groups excluding carboxylic acids is 1. The van der Waals surface area contributed by atoms with Gasteiger partial charge in [-0.1, -0.05) is 24.3 Å². The maximum atomic E-state index is 12.5. The number of rotatable bonds is 7. The minimum absolute atomic E-state index is 0.0188. The summed E-state index contributed by atoms with van der Waals surface area (Å²) < 4.78 is 5.38. The molecule has 0 aliphatic carbocycles. The van der Waals surface area contributed by atoms with Gasteiger partial charge in [0.1, 0.15) is 17.9 Å². The Bertz CT molecular complexity index is 779. The number of amidine groups is 1. The molecule has 0 fully saturated rings. The van der Waals surface area contributed by atoms with Crippen LogP contribution < -0.4 is 5.32 Å². The summed E-state index contributed by atoms with van der Waals surface area (Å²) in [5.41, 5.74) is 2.95. The molecule has 0 bridgehead atoms. The van der Waals surface area contributed by atoms with E-state index in [-0.39, 0.29) is 5.91 Å². The van der Waals surface area contributed by atoms with Gasteiger partial charge in [0, 0.05) is 32.7 Å². The van der Waals surface area contributed by atoms with Crippen LogP contribution in [0.5, 0.6) is 0 Å². The first-order chi connectivity index (χ1) is 12.6. The summed E-state index contributed by atoms with van der Waals surface area (Å²) in [6.45, 7) is 3.12. The van der Waals surface area contributed by atoms with E-state index in [2.05, 4.69) is 46.5 Å². The first-order valence-electron chi connectivity index (χ1n) is 8.91. The highest BCUT2D eigenvalue weighted by Crippen LogP contribution is 2.13. The Morgan fingerprint density at radius 2 is 2.12 bits per heavy atom. The number of nitrogens with one attached hydrogen (secondary N) is 1. The van der Waals surface area contributed by atoms with Crippen LogP contribution in [0.4, 0.5) is 0 Å². The smallest absolute Gasteiger partial charge is 0.256 e. The van der Waals surface area contributed by atoms with Gasteiger partial charge in [0.2, 0.25) is 0 Å². The number of hydrogen-bond acceptors (Lipinski definition) is 5. The van der Waals surface area contributed by atoms with Crippen molar-refractivity contribution in [3.8, 4) is 0 Å². The van der Waals surface area contributed by atoms with Gasteiger partial charge in [0.05, 0.1) is 18.7 Å². The van der Waals surface area contributed by atoms with E-state index in [9.17, 15) is 4.79 Å². The summed E-state index contributed by atoms with van der Waals surface area (Å²) in [4.78, 5) is 20.9. The second-order valence-corrected chi connectivity index (χ2v) is 6.63. The van der Waals surface area contributed by atoms with Crippen LogP contribution in [0, 0.1) is 0 Å². The fourth-order valence-electron chi connectivity index (χ4n) is 3.04. The Morgan fingerprint density at radius 3 is 2.77 bits per heavy atom. The van der Waals surface area contributed by atoms with Crippen LogP contribution in [-0.2, 0) is 13.0 Å². The Hall–Kier alpha value is -2.60. The van der Waals surface area contributed by atoms with Crippen molar-refractivity contribution < 1.29 is 9.21 Å². The maximum Gasteiger partial charge on any atom is 0.256 e. The minimum atomic E-state index is -0.0188. The summed E-state index contributed by atoms with van der Waals surface area (Å²) in [6, 6.07) is 10.2. The molecule has 1 aliphatic heterocycles. The van der Waals surface area contributed by atoms with Gasteiger partial charge in [-0.3, -0.25) is 9.79 Å². The van der Waals surface area contributed by atoms with Crippen LogP contribution in [0.1, 0.15) is 27.2 Å². The summed E-state index contributed by atoms with van der Waals surface area (Å²) in [5.74, 6) is 1.80. The maximum absolute atomic E-state index is 12.5. The van der Waals surface area contributed by atoms with Crippen molar-refractivity contribution in [2.24, 2.45) is 4.99 Å². The van der Waals surface area contributed by atoms with Gasteiger partial charge in [-0.25, -0.2) is 0 Å². The van der Waals surface area contributed by atoms with Crippen LogP contribution in [0.3, 0.4) is 0 Å². The summed E-state index contributed by atoms with van der Waals surface area (Å²) in [7, 11) is 5.74. The molecule has 2 aromatic rings. The molecular weight excluding hydrogens is 328 g/mol. The zero-order valence-electron chi connectivity index (χ0n) is 15.7. The van der Waals surface area contributed by atoms with Crippen LogP contribution in [0.25, 0.3) is 0 Å². The van der Waals surface area contributed by atoms with E-state index in [1.54, 1.807) is 11.0 Å². The Labute approximate surface area is 154 Å². The molecule has 2 heterocycles. The third-order valence-electron chi connectivity index (χ3n) is 4.60. The molecule has 1 aromatic heterocycles. The van der Waals surface area contributed by atoms with Crippen molar-refractivity contribution in [1.82, 2.24) is 15.1 Å². The van der Waals surface area contributed by atoms with Gasteiger partial charge < -0.3 is 19.5 Å². The molecule has 0 spiro atoms. The molecule has 0 radical (unpaired) electrons. The highest BCUT2D eigenvalue weighted by Gasteiger charge is 2.16. The average Bonchev–Trinajstić information content (AvgIpc) is 3.29. The van der Waals surface area contributed by atoms with E-state index < -0.39 is 0 Å². The first-order valence-corrected chi connectivity index (χ1v) is 8.91. The number of carbonyl (C=O) groups is 1. The monoisotopic (exact) mass is 354 g/mol. The molecule has 1 aromatic carbocycles. The second kappa shape index (κ2) is 8.19. The summed E-state index contributed by atoms with van der Waals surface area (Å²) in [6.07, 6.45) is 2.34. The van der Waals surface area contributed by atoms with Crippen molar-refractivity contribution >= 4 is 11.7 Å². The SMILES string of the molecule is CNCc1cc(C(=O)N(C)CCc2ccc(C3=NCCN3C)cc2)co1. The highest BCUT2D eigenvalue weighted by atomic mass is 16.3. The lowest BCUT2D eigenvalue weighted by Gasteiger charge is -2.17. The highest BCUT2D eigenvalue weighted by molar-refractivity contribution is 5.99. The standard InChI is InChI=1S/C20H26N4O2/c1-21-13-18-12-17(14-26-18)20(25)24(3)10-8-15-4-6-16(7-5-15)19-22-9-11-23(19)2/h4-7,12,14,21H,8-11,13H2,1-3H3. The Morgan fingerprint density at radius 1 is 1.35 bits per heavy atom. The summed E-state index contributed by atoms with van der Waals surface area (Å²) >= 11 is 0. The van der Waals surface area contributed by atoms with Gasteiger partial charge >= 0.3 is 0 Å². The van der Waals surface area contributed by atoms with E-state index in [1.807, 2.05) is 14.1 Å². The van der Waals surface area contributed by atoms with Crippen LogP contribution in [0.2, 0.25) is 0 Å². The lowest BCUT2D eigenvalue weighted by Crippen LogP contribution is -2.28. The third-order valence-corrected chi connectivity index (χ3v) is 4.60. The molecule has 0 atom stereocenters. The molecule has 1 amide bonds. The second-order valence-electron chi connectivity index (χ2n) is 6.63.